The number of aliphatic hydroxyl groups is 2. The van der Waals surface area contributed by atoms with E-state index in [0.29, 0.717) is 13.0 Å². The number of hydrogen-bond acceptors (Lipinski definition) is 9. The van der Waals surface area contributed by atoms with Gasteiger partial charge in [-0.2, -0.15) is 0 Å². The molecule has 1 saturated heterocycles. The van der Waals surface area contributed by atoms with Crippen LogP contribution in [-0.4, -0.2) is 90.4 Å². The molecule has 0 aromatic heterocycles. The van der Waals surface area contributed by atoms with Crippen molar-refractivity contribution in [3.05, 3.63) is 42.5 Å². The summed E-state index contributed by atoms with van der Waals surface area (Å²) in [5.74, 6) is 0.774. The van der Waals surface area contributed by atoms with Crippen molar-refractivity contribution in [1.82, 2.24) is 5.32 Å². The average Bonchev–Trinajstić information content (AvgIpc) is 2.99. The summed E-state index contributed by atoms with van der Waals surface area (Å²) in [6.07, 6.45) is 3.06. The lowest BCUT2D eigenvalue weighted by molar-refractivity contribution is -0.274. The third-order valence-corrected chi connectivity index (χ3v) is 7.24. The zero-order valence-electron chi connectivity index (χ0n) is 24.9. The van der Waals surface area contributed by atoms with Crippen LogP contribution in [0.15, 0.2) is 36.9 Å². The Morgan fingerprint density at radius 2 is 1.86 bits per heavy atom. The minimum atomic E-state index is -1.81. The Labute approximate surface area is 269 Å². The van der Waals surface area contributed by atoms with Crippen LogP contribution in [0.1, 0.15) is 57.4 Å². The van der Waals surface area contributed by atoms with Gasteiger partial charge in [-0.3, -0.25) is 0 Å². The number of alkyl halides is 3. The average molecular weight is 671 g/mol. The van der Waals surface area contributed by atoms with E-state index in [1.165, 1.54) is 18.9 Å². The monoisotopic (exact) mass is 669 g/mol. The summed E-state index contributed by atoms with van der Waals surface area (Å²) >= 11 is 17.1. The summed E-state index contributed by atoms with van der Waals surface area (Å²) in [4.78, 5) is 12.6. The van der Waals surface area contributed by atoms with E-state index in [2.05, 4.69) is 18.8 Å². The van der Waals surface area contributed by atoms with Crippen LogP contribution < -0.4 is 10.1 Å². The molecule has 1 fully saturated rings. The molecule has 0 bridgehead atoms. The normalized spacial score (nSPS) is 23.0. The zero-order chi connectivity index (χ0) is 31.7. The molecule has 43 heavy (non-hydrogen) atoms. The van der Waals surface area contributed by atoms with E-state index in [-0.39, 0.29) is 19.3 Å². The summed E-state index contributed by atoms with van der Waals surface area (Å²) in [5.41, 5.74) is 1.02. The highest BCUT2D eigenvalue weighted by molar-refractivity contribution is 6.67. The molecule has 3 N–H and O–H groups in total. The zero-order valence-corrected chi connectivity index (χ0v) is 27.2. The maximum atomic E-state index is 12.6. The number of alkyl carbamates (subject to hydrolysis) is 1. The topological polar surface area (TPSA) is 125 Å². The van der Waals surface area contributed by atoms with Gasteiger partial charge in [0.05, 0.1) is 33.0 Å². The van der Waals surface area contributed by atoms with Crippen molar-refractivity contribution in [2.24, 2.45) is 0 Å². The van der Waals surface area contributed by atoms with E-state index < -0.39 is 53.7 Å². The van der Waals surface area contributed by atoms with Gasteiger partial charge >= 0.3 is 6.09 Å². The smallest absolute Gasteiger partial charge is 0.407 e. The highest BCUT2D eigenvalue weighted by Gasteiger charge is 2.47. The quantitative estimate of drug-likeness (QED) is 0.0942. The lowest BCUT2D eigenvalue weighted by atomic mass is 9.96. The molecular formula is C30H46Cl3NO9. The third kappa shape index (κ3) is 14.5. The fourth-order valence-electron chi connectivity index (χ4n) is 4.61. The molecule has 0 spiro atoms. The first-order chi connectivity index (χ1) is 20.6. The van der Waals surface area contributed by atoms with Crippen LogP contribution in [0.4, 0.5) is 4.79 Å². The van der Waals surface area contributed by atoms with Crippen LogP contribution in [0.25, 0.3) is 0 Å². The predicted octanol–water partition coefficient (Wildman–Crippen LogP) is 5.46. The lowest BCUT2D eigenvalue weighted by Gasteiger charge is -2.44. The minimum Gasteiger partial charge on any atom is -0.497 e. The van der Waals surface area contributed by atoms with Gasteiger partial charge in [0.2, 0.25) is 3.79 Å². The Morgan fingerprint density at radius 1 is 1.14 bits per heavy atom. The van der Waals surface area contributed by atoms with Crippen molar-refractivity contribution in [2.45, 2.75) is 99.0 Å². The first-order valence-electron chi connectivity index (χ1n) is 14.6. The van der Waals surface area contributed by atoms with Crippen molar-refractivity contribution >= 4 is 40.9 Å². The van der Waals surface area contributed by atoms with Crippen LogP contribution in [-0.2, 0) is 30.3 Å². The number of carbonyl (C=O) groups excluding carboxylic acids is 1. The van der Waals surface area contributed by atoms with Gasteiger partial charge in [0.15, 0.2) is 6.29 Å². The number of amides is 1. The van der Waals surface area contributed by atoms with E-state index in [1.807, 2.05) is 24.3 Å². The van der Waals surface area contributed by atoms with E-state index in [1.54, 1.807) is 7.11 Å². The second kappa shape index (κ2) is 20.6. The summed E-state index contributed by atoms with van der Waals surface area (Å²) in [7, 11) is 1.62. The van der Waals surface area contributed by atoms with Crippen molar-refractivity contribution in [2.75, 3.05) is 33.5 Å². The van der Waals surface area contributed by atoms with Gasteiger partial charge in [-0.25, -0.2) is 4.79 Å². The molecule has 0 aliphatic carbocycles. The van der Waals surface area contributed by atoms with Crippen molar-refractivity contribution in [1.29, 1.82) is 0 Å². The van der Waals surface area contributed by atoms with Gasteiger partial charge in [-0.05, 0) is 30.5 Å². The largest absolute Gasteiger partial charge is 0.497 e. The fraction of sp³-hybridized carbons (Fsp3) is 0.700. The van der Waals surface area contributed by atoms with Gasteiger partial charge in [0.1, 0.15) is 36.7 Å². The Bertz CT molecular complexity index is 919. The minimum absolute atomic E-state index is 0.0757. The molecule has 13 heteroatoms. The Hall–Kier alpha value is -1.34. The van der Waals surface area contributed by atoms with Crippen LogP contribution in [0.3, 0.4) is 0 Å². The van der Waals surface area contributed by atoms with E-state index >= 15 is 0 Å². The molecule has 1 aliphatic heterocycles. The SMILES string of the molecule is C=CCO[C@H]1O[C@H](CO)[C@@H](O)[C@H](OCC[C@@H](CCCCCCC)OCc2ccc(OC)cc2)[C@H]1NC(=O)OCC(Cl)(Cl)Cl. The van der Waals surface area contributed by atoms with Crippen molar-refractivity contribution < 1.29 is 43.4 Å². The van der Waals surface area contributed by atoms with Gasteiger partial charge in [0, 0.05) is 6.61 Å². The molecule has 6 atom stereocenters. The maximum absolute atomic E-state index is 12.6. The van der Waals surface area contributed by atoms with Crippen molar-refractivity contribution in [3.8, 4) is 5.75 Å². The molecule has 0 saturated carbocycles. The van der Waals surface area contributed by atoms with Crippen LogP contribution in [0.2, 0.25) is 0 Å². The molecule has 2 rings (SSSR count). The highest BCUT2D eigenvalue weighted by atomic mass is 35.6. The number of hydrogen-bond donors (Lipinski definition) is 3. The second-order valence-electron chi connectivity index (χ2n) is 10.3. The number of unbranched alkanes of at least 4 members (excludes halogenated alkanes) is 4. The van der Waals surface area contributed by atoms with E-state index in [9.17, 15) is 15.0 Å². The van der Waals surface area contributed by atoms with Crippen LogP contribution >= 0.6 is 34.8 Å². The Morgan fingerprint density at radius 3 is 2.49 bits per heavy atom. The molecule has 1 heterocycles. The van der Waals surface area contributed by atoms with Crippen LogP contribution in [0, 0.1) is 0 Å². The van der Waals surface area contributed by atoms with Gasteiger partial charge in [-0.1, -0.05) is 92.0 Å². The molecule has 1 aliphatic rings. The number of benzene rings is 1. The second-order valence-corrected chi connectivity index (χ2v) is 12.8. The van der Waals surface area contributed by atoms with Crippen molar-refractivity contribution in [3.63, 3.8) is 0 Å². The molecule has 10 nitrogen and oxygen atoms in total. The molecule has 246 valence electrons. The summed E-state index contributed by atoms with van der Waals surface area (Å²) in [5, 5.41) is 23.5. The van der Waals surface area contributed by atoms with E-state index in [0.717, 1.165) is 37.0 Å². The fourth-order valence-corrected chi connectivity index (χ4v) is 4.77. The Balaban J connectivity index is 2.10. The first-order valence-corrected chi connectivity index (χ1v) is 15.8. The Kier molecular flexibility index (Phi) is 18.2. The van der Waals surface area contributed by atoms with Crippen LogP contribution in [0.5, 0.6) is 5.75 Å². The number of carbonyl (C=O) groups is 1. The number of rotatable bonds is 20. The van der Waals surface area contributed by atoms with Gasteiger partial charge in [-0.15, -0.1) is 6.58 Å². The highest BCUT2D eigenvalue weighted by Crippen LogP contribution is 2.28. The number of nitrogens with one attached hydrogen (secondary N) is 1. The summed E-state index contributed by atoms with van der Waals surface area (Å²) in [6.45, 7) is 5.50. The molecule has 1 aromatic carbocycles. The predicted molar refractivity (Wildman–Crippen MR) is 166 cm³/mol. The lowest BCUT2D eigenvalue weighted by Crippen LogP contribution is -2.65. The summed E-state index contributed by atoms with van der Waals surface area (Å²) in [6, 6.07) is 6.68. The molecule has 0 radical (unpaired) electrons. The standard InChI is InChI=1S/C30H46Cl3NO9/c1-4-6-7-8-9-10-23(41-19-21-11-13-22(38-3)14-12-21)15-17-39-27-25(34-29(37)42-20-30(31,32)33)28(40-16-5-2)43-24(18-35)26(27)36/h5,11-14,23-28,35-36H,2,4,6-10,15-20H2,1,3H3,(H,34,37)/t23-,24-,25-,26-,27-,28+/m1/s1. The molecule has 1 amide bonds. The molecule has 0 unspecified atom stereocenters. The first kappa shape index (κ1) is 37.8. The number of ether oxygens (including phenoxy) is 6. The molecular weight excluding hydrogens is 625 g/mol. The molecule has 1 aromatic rings. The third-order valence-electron chi connectivity index (χ3n) is 6.91. The van der Waals surface area contributed by atoms with Gasteiger partial charge in [0.25, 0.3) is 0 Å². The summed E-state index contributed by atoms with van der Waals surface area (Å²) < 4.78 is 32.3. The number of methoxy groups -OCH3 is 1. The van der Waals surface area contributed by atoms with Gasteiger partial charge < -0.3 is 44.0 Å². The number of aliphatic hydroxyl groups excluding tert-OH is 2. The number of halogens is 3. The van der Waals surface area contributed by atoms with E-state index in [4.69, 9.17) is 63.2 Å². The maximum Gasteiger partial charge on any atom is 0.407 e.